The summed E-state index contributed by atoms with van der Waals surface area (Å²) in [7, 11) is 0. The smallest absolute Gasteiger partial charge is 0.0842 e. The zero-order chi connectivity index (χ0) is 8.81. The van der Waals surface area contributed by atoms with Crippen LogP contribution in [0, 0.1) is 11.8 Å². The van der Waals surface area contributed by atoms with E-state index in [4.69, 9.17) is 16.3 Å². The number of unbranched alkanes of at least 4 members (excludes halogenated alkanes) is 1. The second-order valence-electron chi connectivity index (χ2n) is 3.00. The predicted octanol–water partition coefficient (Wildman–Crippen LogP) is 2.58. The second kappa shape index (κ2) is 5.45. The molecule has 0 amide bonds. The van der Waals surface area contributed by atoms with Gasteiger partial charge in [0.15, 0.2) is 0 Å². The molecule has 2 atom stereocenters. The molecule has 0 saturated carbocycles. The average molecular weight is 187 g/mol. The van der Waals surface area contributed by atoms with Gasteiger partial charge in [-0.1, -0.05) is 12.8 Å². The van der Waals surface area contributed by atoms with Gasteiger partial charge < -0.3 is 4.74 Å². The van der Waals surface area contributed by atoms with Crippen molar-refractivity contribution >= 4 is 11.6 Å². The molecule has 12 heavy (non-hydrogen) atoms. The summed E-state index contributed by atoms with van der Waals surface area (Å²) in [5, 5.41) is 0. The van der Waals surface area contributed by atoms with Gasteiger partial charge in [-0.15, -0.1) is 17.5 Å². The Morgan fingerprint density at radius 1 is 1.33 bits per heavy atom. The van der Waals surface area contributed by atoms with Crippen molar-refractivity contribution in [3.8, 4) is 11.8 Å². The van der Waals surface area contributed by atoms with Crippen LogP contribution in [0.2, 0.25) is 0 Å². The topological polar surface area (TPSA) is 12.5 Å². The molecular formula is C10H15ClO. The van der Waals surface area contributed by atoms with Crippen LogP contribution in [0.4, 0.5) is 0 Å². The summed E-state index contributed by atoms with van der Waals surface area (Å²) in [4.78, 5) is 0. The number of halogens is 1. The fraction of sp³-hybridized carbons (Fsp3) is 0.800. The Hall–Kier alpha value is -0.190. The van der Waals surface area contributed by atoms with Crippen LogP contribution >= 0.6 is 11.6 Å². The van der Waals surface area contributed by atoms with Crippen LogP contribution in [0.1, 0.15) is 32.6 Å². The SMILES string of the molecule is CC[C@@H]1O[C@H]1CCCC#CCCl. The molecule has 1 fully saturated rings. The van der Waals surface area contributed by atoms with E-state index in [9.17, 15) is 0 Å². The Morgan fingerprint density at radius 3 is 2.75 bits per heavy atom. The maximum Gasteiger partial charge on any atom is 0.0842 e. The fourth-order valence-electron chi connectivity index (χ4n) is 1.32. The Bertz CT molecular complexity index is 180. The van der Waals surface area contributed by atoms with Crippen LogP contribution in [-0.4, -0.2) is 18.1 Å². The molecule has 1 aliphatic heterocycles. The van der Waals surface area contributed by atoms with E-state index < -0.39 is 0 Å². The van der Waals surface area contributed by atoms with Crippen molar-refractivity contribution in [2.45, 2.75) is 44.8 Å². The number of hydrogen-bond acceptors (Lipinski definition) is 1. The van der Waals surface area contributed by atoms with Crippen molar-refractivity contribution in [2.75, 3.05) is 5.88 Å². The van der Waals surface area contributed by atoms with Gasteiger partial charge in [0.1, 0.15) is 0 Å². The van der Waals surface area contributed by atoms with Gasteiger partial charge in [-0.2, -0.15) is 0 Å². The van der Waals surface area contributed by atoms with Gasteiger partial charge in [0.25, 0.3) is 0 Å². The largest absolute Gasteiger partial charge is 0.370 e. The van der Waals surface area contributed by atoms with Crippen LogP contribution in [0.25, 0.3) is 0 Å². The average Bonchev–Trinajstić information content (AvgIpc) is 2.83. The molecule has 68 valence electrons. The quantitative estimate of drug-likeness (QED) is 0.285. The molecule has 0 unspecified atom stereocenters. The molecule has 1 heterocycles. The molecule has 0 bridgehead atoms. The van der Waals surface area contributed by atoms with Crippen LogP contribution in [0.5, 0.6) is 0 Å². The van der Waals surface area contributed by atoms with E-state index in [0.29, 0.717) is 18.1 Å². The third-order valence-electron chi connectivity index (χ3n) is 2.07. The summed E-state index contributed by atoms with van der Waals surface area (Å²) < 4.78 is 5.40. The Balaban J connectivity index is 1.90. The monoisotopic (exact) mass is 186 g/mol. The van der Waals surface area contributed by atoms with Crippen molar-refractivity contribution in [1.82, 2.24) is 0 Å². The highest BCUT2D eigenvalue weighted by Gasteiger charge is 2.35. The van der Waals surface area contributed by atoms with E-state index >= 15 is 0 Å². The summed E-state index contributed by atoms with van der Waals surface area (Å²) in [5.41, 5.74) is 0. The minimum absolute atomic E-state index is 0.456. The molecule has 1 rings (SSSR count). The summed E-state index contributed by atoms with van der Waals surface area (Å²) in [6, 6.07) is 0. The fourth-order valence-corrected chi connectivity index (χ4v) is 1.41. The first-order chi connectivity index (χ1) is 5.88. The molecule has 1 nitrogen and oxygen atoms in total. The molecule has 1 saturated heterocycles. The molecule has 0 N–H and O–H groups in total. The number of alkyl halides is 1. The third kappa shape index (κ3) is 3.47. The molecular weight excluding hydrogens is 172 g/mol. The van der Waals surface area contributed by atoms with Crippen molar-refractivity contribution in [3.05, 3.63) is 0 Å². The molecule has 1 aliphatic rings. The van der Waals surface area contributed by atoms with Gasteiger partial charge in [-0.3, -0.25) is 0 Å². The lowest BCUT2D eigenvalue weighted by Crippen LogP contribution is -1.91. The highest BCUT2D eigenvalue weighted by Crippen LogP contribution is 2.29. The Morgan fingerprint density at radius 2 is 2.17 bits per heavy atom. The van der Waals surface area contributed by atoms with E-state index in [1.165, 1.54) is 0 Å². The number of ether oxygens (including phenoxy) is 1. The zero-order valence-corrected chi connectivity index (χ0v) is 8.23. The highest BCUT2D eigenvalue weighted by molar-refractivity contribution is 6.19. The lowest BCUT2D eigenvalue weighted by molar-refractivity contribution is 0.357. The maximum atomic E-state index is 5.40. The van der Waals surface area contributed by atoms with Gasteiger partial charge in [0.2, 0.25) is 0 Å². The molecule has 2 heteroatoms. The van der Waals surface area contributed by atoms with Gasteiger partial charge in [0.05, 0.1) is 18.1 Å². The molecule has 0 aromatic rings. The number of hydrogen-bond donors (Lipinski definition) is 0. The van der Waals surface area contributed by atoms with Crippen LogP contribution in [0.15, 0.2) is 0 Å². The third-order valence-corrected chi connectivity index (χ3v) is 2.21. The van der Waals surface area contributed by atoms with E-state index in [-0.39, 0.29) is 0 Å². The first-order valence-corrected chi connectivity index (χ1v) is 5.09. The molecule has 0 aliphatic carbocycles. The first kappa shape index (κ1) is 9.89. The maximum absolute atomic E-state index is 5.40. The lowest BCUT2D eigenvalue weighted by Gasteiger charge is -1.89. The molecule has 0 radical (unpaired) electrons. The van der Waals surface area contributed by atoms with E-state index in [0.717, 1.165) is 25.7 Å². The minimum Gasteiger partial charge on any atom is -0.370 e. The Kier molecular flexibility index (Phi) is 4.50. The van der Waals surface area contributed by atoms with E-state index in [2.05, 4.69) is 18.8 Å². The van der Waals surface area contributed by atoms with Crippen molar-refractivity contribution < 1.29 is 4.74 Å². The normalized spacial score (nSPS) is 26.2. The van der Waals surface area contributed by atoms with Crippen LogP contribution in [0.3, 0.4) is 0 Å². The standard InChI is InChI=1S/C10H15ClO/c1-2-9-10(12-9)7-5-3-4-6-8-11/h9-10H,2-3,5,7-8H2,1H3/t9-,10-/m0/s1. The van der Waals surface area contributed by atoms with Crippen molar-refractivity contribution in [2.24, 2.45) is 0 Å². The number of rotatable bonds is 4. The first-order valence-electron chi connectivity index (χ1n) is 4.55. The van der Waals surface area contributed by atoms with Crippen LogP contribution in [-0.2, 0) is 4.74 Å². The van der Waals surface area contributed by atoms with Crippen molar-refractivity contribution in [3.63, 3.8) is 0 Å². The summed E-state index contributed by atoms with van der Waals surface area (Å²) in [6.45, 7) is 2.16. The Labute approximate surface area is 79.4 Å². The van der Waals surface area contributed by atoms with Crippen molar-refractivity contribution in [1.29, 1.82) is 0 Å². The zero-order valence-electron chi connectivity index (χ0n) is 7.48. The summed E-state index contributed by atoms with van der Waals surface area (Å²) >= 11 is 5.40. The molecule has 0 aromatic heterocycles. The van der Waals surface area contributed by atoms with Gasteiger partial charge in [0, 0.05) is 6.42 Å². The molecule has 0 aromatic carbocycles. The molecule has 0 spiro atoms. The van der Waals surface area contributed by atoms with Gasteiger partial charge in [-0.25, -0.2) is 0 Å². The summed E-state index contributed by atoms with van der Waals surface area (Å²) in [5.74, 6) is 6.31. The van der Waals surface area contributed by atoms with Crippen LogP contribution < -0.4 is 0 Å². The van der Waals surface area contributed by atoms with Gasteiger partial charge >= 0.3 is 0 Å². The number of epoxide rings is 1. The van der Waals surface area contributed by atoms with E-state index in [1.807, 2.05) is 0 Å². The second-order valence-corrected chi connectivity index (χ2v) is 3.27. The van der Waals surface area contributed by atoms with Gasteiger partial charge in [-0.05, 0) is 19.3 Å². The lowest BCUT2D eigenvalue weighted by atomic mass is 10.1. The highest BCUT2D eigenvalue weighted by atomic mass is 35.5. The summed E-state index contributed by atoms with van der Waals surface area (Å²) in [6.07, 6.45) is 5.50. The predicted molar refractivity (Wildman–Crippen MR) is 51.3 cm³/mol. The van der Waals surface area contributed by atoms with E-state index in [1.54, 1.807) is 0 Å². The minimum atomic E-state index is 0.456.